The lowest BCUT2D eigenvalue weighted by Gasteiger charge is -2.40. The standard InChI is InChI=1S/C29H45N3O4/c1-10-36-26(34)20(4)18-23(19(2)3)32(9)25(33)24(28(5,6)7)31-27(35)29(30-8,22-16-17-22)21-14-12-11-13-15-21/h11-15,18-19,22-24,30H,10,16-17H2,1-9H3,(H,31,35)/b20-18+/t23-,24?,29?/m1/s1. The Morgan fingerprint density at radius 1 is 1.14 bits per heavy atom. The van der Waals surface area contributed by atoms with Crippen LogP contribution in [0.4, 0.5) is 0 Å². The summed E-state index contributed by atoms with van der Waals surface area (Å²) in [5.41, 5.74) is -0.0866. The molecular weight excluding hydrogens is 454 g/mol. The van der Waals surface area contributed by atoms with E-state index in [1.807, 2.05) is 72.0 Å². The summed E-state index contributed by atoms with van der Waals surface area (Å²) < 4.78 is 5.12. The van der Waals surface area contributed by atoms with E-state index < -0.39 is 23.0 Å². The molecule has 2 unspecified atom stereocenters. The Labute approximate surface area is 217 Å². The molecule has 0 saturated heterocycles. The molecule has 0 aromatic heterocycles. The van der Waals surface area contributed by atoms with Gasteiger partial charge in [-0.05, 0) is 56.6 Å². The van der Waals surface area contributed by atoms with Gasteiger partial charge in [-0.3, -0.25) is 9.59 Å². The van der Waals surface area contributed by atoms with Crippen molar-refractivity contribution >= 4 is 17.8 Å². The summed E-state index contributed by atoms with van der Waals surface area (Å²) in [6, 6.07) is 8.63. The number of rotatable bonds is 11. The lowest BCUT2D eigenvalue weighted by atomic mass is 9.81. The minimum Gasteiger partial charge on any atom is -0.463 e. The van der Waals surface area contributed by atoms with Gasteiger partial charge in [0.25, 0.3) is 0 Å². The van der Waals surface area contributed by atoms with E-state index in [1.165, 1.54) is 0 Å². The monoisotopic (exact) mass is 499 g/mol. The molecule has 7 heteroatoms. The van der Waals surface area contributed by atoms with Crippen LogP contribution in [0.25, 0.3) is 0 Å². The first-order chi connectivity index (χ1) is 16.8. The first kappa shape index (κ1) is 29.6. The smallest absolute Gasteiger partial charge is 0.333 e. The summed E-state index contributed by atoms with van der Waals surface area (Å²) >= 11 is 0. The number of likely N-dealkylation sites (N-methyl/N-ethyl adjacent to an activating group) is 2. The number of benzene rings is 1. The summed E-state index contributed by atoms with van der Waals surface area (Å²) in [5.74, 6) is -0.574. The Morgan fingerprint density at radius 3 is 2.17 bits per heavy atom. The van der Waals surface area contributed by atoms with Crippen LogP contribution in [0.1, 0.15) is 66.9 Å². The van der Waals surface area contributed by atoms with Crippen LogP contribution in [-0.4, -0.2) is 55.5 Å². The van der Waals surface area contributed by atoms with E-state index in [4.69, 9.17) is 4.74 Å². The van der Waals surface area contributed by atoms with Crippen LogP contribution in [-0.2, 0) is 24.7 Å². The van der Waals surface area contributed by atoms with Gasteiger partial charge in [0.2, 0.25) is 11.8 Å². The van der Waals surface area contributed by atoms with Gasteiger partial charge in [0.05, 0.1) is 12.6 Å². The summed E-state index contributed by atoms with van der Waals surface area (Å²) in [6.07, 6.45) is 3.68. The average molecular weight is 500 g/mol. The Kier molecular flexibility index (Phi) is 9.89. The summed E-state index contributed by atoms with van der Waals surface area (Å²) in [7, 11) is 3.54. The van der Waals surface area contributed by atoms with E-state index in [9.17, 15) is 14.4 Å². The summed E-state index contributed by atoms with van der Waals surface area (Å²) in [6.45, 7) is 13.6. The number of hydrogen-bond donors (Lipinski definition) is 2. The van der Waals surface area contributed by atoms with Crippen molar-refractivity contribution in [2.24, 2.45) is 17.3 Å². The predicted octanol–water partition coefficient (Wildman–Crippen LogP) is 4.03. The fraction of sp³-hybridized carbons (Fsp3) is 0.621. The molecular formula is C29H45N3O4. The Balaban J connectivity index is 2.40. The normalized spacial score (nSPS) is 17.7. The molecule has 0 spiro atoms. The fourth-order valence-corrected chi connectivity index (χ4v) is 4.80. The number of carbonyl (C=O) groups excluding carboxylic acids is 3. The summed E-state index contributed by atoms with van der Waals surface area (Å²) in [5, 5.41) is 6.45. The average Bonchev–Trinajstić information content (AvgIpc) is 3.66. The van der Waals surface area contributed by atoms with Crippen LogP contribution in [0.5, 0.6) is 0 Å². The van der Waals surface area contributed by atoms with Crippen molar-refractivity contribution in [3.8, 4) is 0 Å². The van der Waals surface area contributed by atoms with Gasteiger partial charge in [-0.2, -0.15) is 0 Å². The van der Waals surface area contributed by atoms with Crippen molar-refractivity contribution in [1.82, 2.24) is 15.5 Å². The Hall–Kier alpha value is -2.67. The summed E-state index contributed by atoms with van der Waals surface area (Å²) in [4.78, 5) is 41.8. The minimum atomic E-state index is -0.901. The van der Waals surface area contributed by atoms with E-state index in [2.05, 4.69) is 10.6 Å². The molecule has 1 fully saturated rings. The van der Waals surface area contributed by atoms with Crippen LogP contribution in [0.3, 0.4) is 0 Å². The Morgan fingerprint density at radius 2 is 1.72 bits per heavy atom. The van der Waals surface area contributed by atoms with Gasteiger partial charge in [0, 0.05) is 12.6 Å². The van der Waals surface area contributed by atoms with Crippen molar-refractivity contribution in [2.75, 3.05) is 20.7 Å². The molecule has 0 heterocycles. The number of amides is 2. The highest BCUT2D eigenvalue weighted by Gasteiger charge is 2.52. The number of nitrogens with zero attached hydrogens (tertiary/aromatic N) is 1. The van der Waals surface area contributed by atoms with Gasteiger partial charge < -0.3 is 20.3 Å². The molecule has 0 radical (unpaired) electrons. The molecule has 2 amide bonds. The first-order valence-corrected chi connectivity index (χ1v) is 13.0. The molecule has 7 nitrogen and oxygen atoms in total. The number of hydrogen-bond acceptors (Lipinski definition) is 5. The first-order valence-electron chi connectivity index (χ1n) is 13.0. The number of ether oxygens (including phenoxy) is 1. The maximum Gasteiger partial charge on any atom is 0.333 e. The zero-order chi connectivity index (χ0) is 27.3. The Bertz CT molecular complexity index is 947. The predicted molar refractivity (Wildman–Crippen MR) is 143 cm³/mol. The van der Waals surface area contributed by atoms with Crippen LogP contribution in [0.2, 0.25) is 0 Å². The number of esters is 1. The maximum atomic E-state index is 14.0. The molecule has 2 N–H and O–H groups in total. The second-order valence-electron chi connectivity index (χ2n) is 11.2. The molecule has 0 bridgehead atoms. The quantitative estimate of drug-likeness (QED) is 0.355. The second-order valence-corrected chi connectivity index (χ2v) is 11.2. The van der Waals surface area contributed by atoms with Crippen LogP contribution in [0.15, 0.2) is 42.0 Å². The molecule has 1 saturated carbocycles. The third-order valence-corrected chi connectivity index (χ3v) is 7.06. The molecule has 1 aliphatic rings. The van der Waals surface area contributed by atoms with Crippen LogP contribution < -0.4 is 10.6 Å². The zero-order valence-electron chi connectivity index (χ0n) is 23.5. The largest absolute Gasteiger partial charge is 0.463 e. The highest BCUT2D eigenvalue weighted by atomic mass is 16.5. The van der Waals surface area contributed by atoms with Crippen molar-refractivity contribution in [2.45, 2.75) is 78.9 Å². The van der Waals surface area contributed by atoms with Gasteiger partial charge in [-0.1, -0.05) is 71.0 Å². The van der Waals surface area contributed by atoms with Gasteiger partial charge in [-0.15, -0.1) is 0 Å². The molecule has 2 rings (SSSR count). The third-order valence-electron chi connectivity index (χ3n) is 7.06. The van der Waals surface area contributed by atoms with E-state index in [0.29, 0.717) is 12.2 Å². The highest BCUT2D eigenvalue weighted by Crippen LogP contribution is 2.46. The van der Waals surface area contributed by atoms with E-state index in [0.717, 1.165) is 18.4 Å². The van der Waals surface area contributed by atoms with Gasteiger partial charge >= 0.3 is 5.97 Å². The fourth-order valence-electron chi connectivity index (χ4n) is 4.80. The topological polar surface area (TPSA) is 87.7 Å². The number of carbonyl (C=O) groups is 3. The van der Waals surface area contributed by atoms with Crippen LogP contribution in [0, 0.1) is 17.3 Å². The van der Waals surface area contributed by atoms with Crippen molar-refractivity contribution < 1.29 is 19.1 Å². The van der Waals surface area contributed by atoms with Gasteiger partial charge in [0.1, 0.15) is 11.6 Å². The molecule has 0 aliphatic heterocycles. The second kappa shape index (κ2) is 12.0. The molecule has 1 aromatic carbocycles. The maximum absolute atomic E-state index is 14.0. The lowest BCUT2D eigenvalue weighted by Crippen LogP contribution is -2.62. The van der Waals surface area contributed by atoms with Gasteiger partial charge in [0.15, 0.2) is 0 Å². The third kappa shape index (κ3) is 6.55. The van der Waals surface area contributed by atoms with Crippen LogP contribution >= 0.6 is 0 Å². The van der Waals surface area contributed by atoms with E-state index in [-0.39, 0.29) is 29.7 Å². The lowest BCUT2D eigenvalue weighted by molar-refractivity contribution is -0.142. The van der Waals surface area contributed by atoms with E-state index in [1.54, 1.807) is 31.9 Å². The molecule has 1 aliphatic carbocycles. The van der Waals surface area contributed by atoms with Crippen molar-refractivity contribution in [3.05, 3.63) is 47.5 Å². The van der Waals surface area contributed by atoms with E-state index >= 15 is 0 Å². The minimum absolute atomic E-state index is 0.0480. The van der Waals surface area contributed by atoms with Crippen molar-refractivity contribution in [1.29, 1.82) is 0 Å². The molecule has 200 valence electrons. The van der Waals surface area contributed by atoms with Gasteiger partial charge in [-0.25, -0.2) is 4.79 Å². The SMILES string of the molecule is CCOC(=O)/C(C)=C/[C@H](C(C)C)N(C)C(=O)C(NC(=O)C(NC)(c1ccccc1)C1CC1)C(C)(C)C. The molecule has 36 heavy (non-hydrogen) atoms. The number of nitrogens with one attached hydrogen (secondary N) is 2. The van der Waals surface area contributed by atoms with Crippen molar-refractivity contribution in [3.63, 3.8) is 0 Å². The molecule has 1 aromatic rings. The highest BCUT2D eigenvalue weighted by molar-refractivity contribution is 5.94. The zero-order valence-corrected chi connectivity index (χ0v) is 23.5. The molecule has 3 atom stereocenters.